The summed E-state index contributed by atoms with van der Waals surface area (Å²) in [6.07, 6.45) is 5.09. The summed E-state index contributed by atoms with van der Waals surface area (Å²) in [5, 5.41) is 3.56. The van der Waals surface area contributed by atoms with Gasteiger partial charge in [0.15, 0.2) is 0 Å². The Kier molecular flexibility index (Phi) is 4.34. The van der Waals surface area contributed by atoms with Crippen LogP contribution >= 0.6 is 0 Å². The summed E-state index contributed by atoms with van der Waals surface area (Å²) in [7, 11) is 0. The molecule has 1 aromatic rings. The molecular weight excluding hydrogens is 224 g/mol. The molecular formula is C15H24N2O. The fourth-order valence-electron chi connectivity index (χ4n) is 2.58. The first-order valence-corrected chi connectivity index (χ1v) is 6.98. The van der Waals surface area contributed by atoms with Crippen molar-refractivity contribution >= 4 is 11.4 Å². The van der Waals surface area contributed by atoms with Crippen LogP contribution in [0, 0.1) is 5.92 Å². The highest BCUT2D eigenvalue weighted by Gasteiger charge is 2.19. The van der Waals surface area contributed by atoms with Crippen LogP contribution < -0.4 is 15.8 Å². The van der Waals surface area contributed by atoms with Gasteiger partial charge in [-0.05, 0) is 50.7 Å². The first-order valence-electron chi connectivity index (χ1n) is 6.98. The maximum Gasteiger partial charge on any atom is 0.144 e. The number of nitrogen functional groups attached to an aromatic ring is 1. The predicted molar refractivity (Wildman–Crippen MR) is 77.1 cm³/mol. The highest BCUT2D eigenvalue weighted by molar-refractivity contribution is 5.73. The second kappa shape index (κ2) is 5.98. The molecule has 2 rings (SSSR count). The lowest BCUT2D eigenvalue weighted by atomic mass is 9.87. The molecule has 0 atom stereocenters. The SMILES string of the molecule is CCOc1cccc(NC2CCC(C)CC2)c1N. The van der Waals surface area contributed by atoms with E-state index < -0.39 is 0 Å². The third-order valence-electron chi connectivity index (χ3n) is 3.74. The second-order valence-corrected chi connectivity index (χ2v) is 5.25. The minimum Gasteiger partial charge on any atom is -0.492 e. The monoisotopic (exact) mass is 248 g/mol. The van der Waals surface area contributed by atoms with Crippen LogP contribution in [0.25, 0.3) is 0 Å². The number of benzene rings is 1. The van der Waals surface area contributed by atoms with E-state index in [-0.39, 0.29) is 0 Å². The van der Waals surface area contributed by atoms with Crippen molar-refractivity contribution in [3.63, 3.8) is 0 Å². The van der Waals surface area contributed by atoms with E-state index in [4.69, 9.17) is 10.5 Å². The van der Waals surface area contributed by atoms with Crippen molar-refractivity contribution in [1.29, 1.82) is 0 Å². The molecule has 1 aliphatic rings. The summed E-state index contributed by atoms with van der Waals surface area (Å²) >= 11 is 0. The molecule has 0 unspecified atom stereocenters. The van der Waals surface area contributed by atoms with E-state index in [1.54, 1.807) is 0 Å². The fourth-order valence-corrected chi connectivity index (χ4v) is 2.58. The smallest absolute Gasteiger partial charge is 0.144 e. The van der Waals surface area contributed by atoms with Gasteiger partial charge in [0.2, 0.25) is 0 Å². The average molecular weight is 248 g/mol. The Hall–Kier alpha value is -1.38. The van der Waals surface area contributed by atoms with Crippen LogP contribution in [0.3, 0.4) is 0 Å². The number of nitrogens with two attached hydrogens (primary N) is 1. The van der Waals surface area contributed by atoms with E-state index in [9.17, 15) is 0 Å². The van der Waals surface area contributed by atoms with Crippen molar-refractivity contribution in [1.82, 2.24) is 0 Å². The van der Waals surface area contributed by atoms with E-state index in [2.05, 4.69) is 12.2 Å². The summed E-state index contributed by atoms with van der Waals surface area (Å²) in [5.41, 5.74) is 7.87. The molecule has 0 amide bonds. The Bertz CT molecular complexity index is 384. The van der Waals surface area contributed by atoms with Gasteiger partial charge in [0.05, 0.1) is 18.0 Å². The van der Waals surface area contributed by atoms with Gasteiger partial charge in [-0.15, -0.1) is 0 Å². The molecule has 1 saturated carbocycles. The van der Waals surface area contributed by atoms with E-state index in [1.807, 2.05) is 25.1 Å². The topological polar surface area (TPSA) is 47.3 Å². The number of rotatable bonds is 4. The van der Waals surface area contributed by atoms with Crippen LogP contribution in [-0.2, 0) is 0 Å². The summed E-state index contributed by atoms with van der Waals surface area (Å²) in [5.74, 6) is 1.65. The van der Waals surface area contributed by atoms with Gasteiger partial charge in [0.25, 0.3) is 0 Å². The highest BCUT2D eigenvalue weighted by atomic mass is 16.5. The molecule has 0 heterocycles. The summed E-state index contributed by atoms with van der Waals surface area (Å²) in [4.78, 5) is 0. The maximum absolute atomic E-state index is 6.13. The molecule has 1 aliphatic carbocycles. The van der Waals surface area contributed by atoms with E-state index in [1.165, 1.54) is 25.7 Å². The van der Waals surface area contributed by atoms with Gasteiger partial charge >= 0.3 is 0 Å². The summed E-state index contributed by atoms with van der Waals surface area (Å²) in [6.45, 7) is 4.96. The Balaban J connectivity index is 2.02. The first kappa shape index (κ1) is 13.1. The summed E-state index contributed by atoms with van der Waals surface area (Å²) < 4.78 is 5.52. The minimum atomic E-state index is 0.556. The van der Waals surface area contributed by atoms with Crippen molar-refractivity contribution in [2.75, 3.05) is 17.7 Å². The molecule has 3 heteroatoms. The Morgan fingerprint density at radius 3 is 2.67 bits per heavy atom. The quantitative estimate of drug-likeness (QED) is 0.799. The number of hydrogen-bond donors (Lipinski definition) is 2. The first-order chi connectivity index (χ1) is 8.70. The minimum absolute atomic E-state index is 0.556. The number of para-hydroxylation sites is 1. The van der Waals surface area contributed by atoms with Crippen molar-refractivity contribution in [2.24, 2.45) is 5.92 Å². The molecule has 1 aromatic carbocycles. The Labute approximate surface area is 110 Å². The number of ether oxygens (including phenoxy) is 1. The lowest BCUT2D eigenvalue weighted by Crippen LogP contribution is -2.25. The third-order valence-corrected chi connectivity index (χ3v) is 3.74. The van der Waals surface area contributed by atoms with E-state index >= 15 is 0 Å². The van der Waals surface area contributed by atoms with Gasteiger partial charge in [0, 0.05) is 6.04 Å². The zero-order chi connectivity index (χ0) is 13.0. The molecule has 3 nitrogen and oxygen atoms in total. The molecule has 3 N–H and O–H groups in total. The standard InChI is InChI=1S/C15H24N2O/c1-3-18-14-6-4-5-13(15(14)16)17-12-9-7-11(2)8-10-12/h4-6,11-12,17H,3,7-10,16H2,1-2H3. The third kappa shape index (κ3) is 3.09. The van der Waals surface area contributed by atoms with Crippen molar-refractivity contribution in [2.45, 2.75) is 45.6 Å². The van der Waals surface area contributed by atoms with Gasteiger partial charge in [-0.1, -0.05) is 13.0 Å². The van der Waals surface area contributed by atoms with Crippen molar-refractivity contribution in [3.8, 4) is 5.75 Å². The van der Waals surface area contributed by atoms with E-state index in [0.29, 0.717) is 12.6 Å². The maximum atomic E-state index is 6.13. The largest absolute Gasteiger partial charge is 0.492 e. The van der Waals surface area contributed by atoms with Crippen molar-refractivity contribution in [3.05, 3.63) is 18.2 Å². The number of anilines is 2. The molecule has 0 bridgehead atoms. The molecule has 0 radical (unpaired) electrons. The van der Waals surface area contributed by atoms with Gasteiger partial charge in [0.1, 0.15) is 5.75 Å². The van der Waals surface area contributed by atoms with E-state index in [0.717, 1.165) is 23.0 Å². The lowest BCUT2D eigenvalue weighted by Gasteiger charge is -2.28. The van der Waals surface area contributed by atoms with Gasteiger partial charge < -0.3 is 15.8 Å². The number of hydrogen-bond acceptors (Lipinski definition) is 3. The molecule has 18 heavy (non-hydrogen) atoms. The molecule has 0 spiro atoms. The van der Waals surface area contributed by atoms with Gasteiger partial charge in [-0.3, -0.25) is 0 Å². The Morgan fingerprint density at radius 1 is 1.28 bits per heavy atom. The van der Waals surface area contributed by atoms with Crippen molar-refractivity contribution < 1.29 is 4.74 Å². The average Bonchev–Trinajstić information content (AvgIpc) is 2.37. The molecule has 0 aliphatic heterocycles. The molecule has 100 valence electrons. The normalized spacial score (nSPS) is 23.7. The fraction of sp³-hybridized carbons (Fsp3) is 0.600. The molecule has 1 fully saturated rings. The lowest BCUT2D eigenvalue weighted by molar-refractivity contribution is 0.342. The van der Waals surface area contributed by atoms with Crippen LogP contribution in [0.2, 0.25) is 0 Å². The second-order valence-electron chi connectivity index (χ2n) is 5.25. The zero-order valence-corrected chi connectivity index (χ0v) is 11.4. The Morgan fingerprint density at radius 2 is 2.00 bits per heavy atom. The van der Waals surface area contributed by atoms with Crippen LogP contribution in [0.5, 0.6) is 5.75 Å². The van der Waals surface area contributed by atoms with Crippen LogP contribution in [-0.4, -0.2) is 12.6 Å². The van der Waals surface area contributed by atoms with Gasteiger partial charge in [-0.2, -0.15) is 0 Å². The molecule has 0 saturated heterocycles. The van der Waals surface area contributed by atoms with Crippen LogP contribution in [0.4, 0.5) is 11.4 Å². The van der Waals surface area contributed by atoms with Crippen LogP contribution in [0.1, 0.15) is 39.5 Å². The zero-order valence-electron chi connectivity index (χ0n) is 11.4. The summed E-state index contributed by atoms with van der Waals surface area (Å²) in [6, 6.07) is 6.51. The molecule has 0 aromatic heterocycles. The van der Waals surface area contributed by atoms with Crippen LogP contribution in [0.15, 0.2) is 18.2 Å². The highest BCUT2D eigenvalue weighted by Crippen LogP contribution is 2.32. The number of nitrogens with one attached hydrogen (secondary N) is 1. The van der Waals surface area contributed by atoms with Gasteiger partial charge in [-0.25, -0.2) is 0 Å². The predicted octanol–water partition coefficient (Wildman–Crippen LogP) is 3.66.